The molecule has 14 heavy (non-hydrogen) atoms. The van der Waals surface area contributed by atoms with Gasteiger partial charge in [-0.2, -0.15) is 0 Å². The first-order chi connectivity index (χ1) is 6.56. The predicted molar refractivity (Wildman–Crippen MR) is 59.5 cm³/mol. The van der Waals surface area contributed by atoms with Gasteiger partial charge < -0.3 is 10.0 Å². The number of likely N-dealkylation sites (tertiary alicyclic amines) is 1. The molecule has 0 aliphatic carbocycles. The molecule has 1 N–H and O–H groups in total. The maximum atomic E-state index is 9.20. The second-order valence-electron chi connectivity index (χ2n) is 4.94. The highest BCUT2D eigenvalue weighted by Gasteiger charge is 2.22. The first-order valence-electron chi connectivity index (χ1n) is 5.61. The van der Waals surface area contributed by atoms with E-state index in [1.165, 1.54) is 25.9 Å². The maximum Gasteiger partial charge on any atom is 0.0609 e. The summed E-state index contributed by atoms with van der Waals surface area (Å²) in [7, 11) is 2.09. The summed E-state index contributed by atoms with van der Waals surface area (Å²) in [4.78, 5) is 4.75. The third kappa shape index (κ3) is 3.23. The topological polar surface area (TPSA) is 26.7 Å². The minimum Gasteiger partial charge on any atom is -0.394 e. The SMILES string of the molecule is CN(CCN1CCCC1)C(C)(C)CO. The number of aliphatic hydroxyl groups excluding tert-OH is 1. The van der Waals surface area contributed by atoms with E-state index in [0.717, 1.165) is 13.1 Å². The molecule has 1 heterocycles. The highest BCUT2D eigenvalue weighted by Crippen LogP contribution is 2.12. The van der Waals surface area contributed by atoms with E-state index in [4.69, 9.17) is 0 Å². The van der Waals surface area contributed by atoms with Gasteiger partial charge in [-0.1, -0.05) is 0 Å². The summed E-state index contributed by atoms with van der Waals surface area (Å²) in [5.74, 6) is 0. The monoisotopic (exact) mass is 200 g/mol. The average molecular weight is 200 g/mol. The second-order valence-corrected chi connectivity index (χ2v) is 4.94. The van der Waals surface area contributed by atoms with Gasteiger partial charge in [0.1, 0.15) is 0 Å². The fourth-order valence-electron chi connectivity index (χ4n) is 1.72. The van der Waals surface area contributed by atoms with Crippen molar-refractivity contribution < 1.29 is 5.11 Å². The maximum absolute atomic E-state index is 9.20. The number of likely N-dealkylation sites (N-methyl/N-ethyl adjacent to an activating group) is 1. The van der Waals surface area contributed by atoms with Crippen LogP contribution < -0.4 is 0 Å². The minimum absolute atomic E-state index is 0.0836. The fraction of sp³-hybridized carbons (Fsp3) is 1.00. The second kappa shape index (κ2) is 5.10. The largest absolute Gasteiger partial charge is 0.394 e. The Hall–Kier alpha value is -0.120. The zero-order valence-electron chi connectivity index (χ0n) is 9.79. The van der Waals surface area contributed by atoms with Crippen LogP contribution in [0.5, 0.6) is 0 Å². The lowest BCUT2D eigenvalue weighted by Crippen LogP contribution is -2.47. The normalized spacial score (nSPS) is 19.5. The lowest BCUT2D eigenvalue weighted by Gasteiger charge is -2.34. The summed E-state index contributed by atoms with van der Waals surface area (Å²) < 4.78 is 0. The van der Waals surface area contributed by atoms with E-state index in [2.05, 4.69) is 30.7 Å². The van der Waals surface area contributed by atoms with Gasteiger partial charge in [0.25, 0.3) is 0 Å². The predicted octanol–water partition coefficient (Wildman–Crippen LogP) is 0.785. The number of aliphatic hydroxyl groups is 1. The molecular weight excluding hydrogens is 176 g/mol. The summed E-state index contributed by atoms with van der Waals surface area (Å²) in [5.41, 5.74) is -0.0836. The Kier molecular flexibility index (Phi) is 4.35. The van der Waals surface area contributed by atoms with Gasteiger partial charge in [-0.3, -0.25) is 4.90 Å². The molecule has 84 valence electrons. The first-order valence-corrected chi connectivity index (χ1v) is 5.61. The fourth-order valence-corrected chi connectivity index (χ4v) is 1.72. The highest BCUT2D eigenvalue weighted by atomic mass is 16.3. The summed E-state index contributed by atoms with van der Waals surface area (Å²) in [6, 6.07) is 0. The van der Waals surface area contributed by atoms with Gasteiger partial charge in [0.2, 0.25) is 0 Å². The number of rotatable bonds is 5. The van der Waals surface area contributed by atoms with E-state index in [0.29, 0.717) is 0 Å². The number of nitrogens with zero attached hydrogens (tertiary/aromatic N) is 2. The van der Waals surface area contributed by atoms with E-state index >= 15 is 0 Å². The average Bonchev–Trinajstić information content (AvgIpc) is 2.66. The zero-order chi connectivity index (χ0) is 10.6. The van der Waals surface area contributed by atoms with Crippen molar-refractivity contribution >= 4 is 0 Å². The molecule has 1 rings (SSSR count). The van der Waals surface area contributed by atoms with Crippen LogP contribution in [0.3, 0.4) is 0 Å². The number of hydrogen-bond acceptors (Lipinski definition) is 3. The van der Waals surface area contributed by atoms with Crippen LogP contribution in [0, 0.1) is 0 Å². The standard InChI is InChI=1S/C11H24N2O/c1-11(2,10-14)12(3)8-9-13-6-4-5-7-13/h14H,4-10H2,1-3H3. The van der Waals surface area contributed by atoms with Crippen LogP contribution in [0.4, 0.5) is 0 Å². The summed E-state index contributed by atoms with van der Waals surface area (Å²) in [5, 5.41) is 9.20. The van der Waals surface area contributed by atoms with Gasteiger partial charge >= 0.3 is 0 Å². The van der Waals surface area contributed by atoms with Gasteiger partial charge in [-0.25, -0.2) is 0 Å². The molecule has 0 saturated carbocycles. The van der Waals surface area contributed by atoms with Crippen molar-refractivity contribution in [2.24, 2.45) is 0 Å². The molecule has 0 bridgehead atoms. The van der Waals surface area contributed by atoms with Gasteiger partial charge in [0.15, 0.2) is 0 Å². The Bertz CT molecular complexity index is 165. The van der Waals surface area contributed by atoms with Crippen LogP contribution in [0.1, 0.15) is 26.7 Å². The van der Waals surface area contributed by atoms with Crippen molar-refractivity contribution in [1.82, 2.24) is 9.80 Å². The molecule has 1 aliphatic rings. The Morgan fingerprint density at radius 3 is 2.36 bits per heavy atom. The van der Waals surface area contributed by atoms with Crippen LogP contribution >= 0.6 is 0 Å². The minimum atomic E-state index is -0.0836. The van der Waals surface area contributed by atoms with Gasteiger partial charge in [-0.15, -0.1) is 0 Å². The molecule has 3 nitrogen and oxygen atoms in total. The third-order valence-electron chi connectivity index (χ3n) is 3.37. The van der Waals surface area contributed by atoms with Crippen molar-refractivity contribution in [3.8, 4) is 0 Å². The Labute approximate surface area is 87.7 Å². The van der Waals surface area contributed by atoms with Crippen molar-refractivity contribution in [1.29, 1.82) is 0 Å². The van der Waals surface area contributed by atoms with E-state index < -0.39 is 0 Å². The lowest BCUT2D eigenvalue weighted by molar-refractivity contribution is 0.0720. The Morgan fingerprint density at radius 1 is 1.29 bits per heavy atom. The molecule has 0 aromatic heterocycles. The van der Waals surface area contributed by atoms with Crippen LogP contribution in [0.15, 0.2) is 0 Å². The molecule has 0 radical (unpaired) electrons. The van der Waals surface area contributed by atoms with Crippen LogP contribution in [0.2, 0.25) is 0 Å². The van der Waals surface area contributed by atoms with Gasteiger partial charge in [0.05, 0.1) is 6.61 Å². The molecule has 0 spiro atoms. The smallest absolute Gasteiger partial charge is 0.0609 e. The molecular formula is C11H24N2O. The van der Waals surface area contributed by atoms with Crippen molar-refractivity contribution in [3.05, 3.63) is 0 Å². The van der Waals surface area contributed by atoms with Crippen molar-refractivity contribution in [2.45, 2.75) is 32.2 Å². The molecule has 1 saturated heterocycles. The van der Waals surface area contributed by atoms with Crippen LogP contribution in [-0.4, -0.2) is 60.3 Å². The van der Waals surface area contributed by atoms with Crippen molar-refractivity contribution in [2.75, 3.05) is 39.8 Å². The summed E-state index contributed by atoms with van der Waals surface area (Å²) in [6.45, 7) is 9.09. The molecule has 0 amide bonds. The molecule has 0 aromatic carbocycles. The van der Waals surface area contributed by atoms with E-state index in [-0.39, 0.29) is 12.1 Å². The molecule has 1 aliphatic heterocycles. The van der Waals surface area contributed by atoms with Gasteiger partial charge in [0, 0.05) is 18.6 Å². The van der Waals surface area contributed by atoms with Crippen molar-refractivity contribution in [3.63, 3.8) is 0 Å². The summed E-state index contributed by atoms with van der Waals surface area (Å²) >= 11 is 0. The molecule has 0 aromatic rings. The zero-order valence-corrected chi connectivity index (χ0v) is 9.79. The molecule has 1 fully saturated rings. The van der Waals surface area contributed by atoms with Crippen LogP contribution in [0.25, 0.3) is 0 Å². The van der Waals surface area contributed by atoms with E-state index in [9.17, 15) is 5.11 Å². The highest BCUT2D eigenvalue weighted by molar-refractivity contribution is 4.79. The number of hydrogen-bond donors (Lipinski definition) is 1. The lowest BCUT2D eigenvalue weighted by atomic mass is 10.1. The molecule has 0 atom stereocenters. The Morgan fingerprint density at radius 2 is 1.86 bits per heavy atom. The Balaban J connectivity index is 2.22. The third-order valence-corrected chi connectivity index (χ3v) is 3.37. The van der Waals surface area contributed by atoms with Gasteiger partial charge in [-0.05, 0) is 46.8 Å². The summed E-state index contributed by atoms with van der Waals surface area (Å²) in [6.07, 6.45) is 2.71. The quantitative estimate of drug-likeness (QED) is 0.710. The van der Waals surface area contributed by atoms with E-state index in [1.54, 1.807) is 0 Å². The van der Waals surface area contributed by atoms with Crippen LogP contribution in [-0.2, 0) is 0 Å². The first kappa shape index (κ1) is 12.0. The van der Waals surface area contributed by atoms with E-state index in [1.807, 2.05) is 0 Å². The molecule has 0 unspecified atom stereocenters. The molecule has 3 heteroatoms.